The van der Waals surface area contributed by atoms with Crippen LogP contribution >= 0.6 is 0 Å². The zero-order valence-corrected chi connectivity index (χ0v) is 15.6. The smallest absolute Gasteiger partial charge is 0.229 e. The van der Waals surface area contributed by atoms with E-state index in [2.05, 4.69) is 52.6 Å². The van der Waals surface area contributed by atoms with E-state index in [0.29, 0.717) is 11.9 Å². The van der Waals surface area contributed by atoms with Crippen LogP contribution in [0.3, 0.4) is 0 Å². The van der Waals surface area contributed by atoms with E-state index >= 15 is 0 Å². The third kappa shape index (κ3) is 4.30. The van der Waals surface area contributed by atoms with E-state index in [0.717, 1.165) is 28.6 Å². The van der Waals surface area contributed by atoms with Crippen LogP contribution in [0.15, 0.2) is 54.6 Å². The summed E-state index contributed by atoms with van der Waals surface area (Å²) in [5.41, 5.74) is 4.08. The summed E-state index contributed by atoms with van der Waals surface area (Å²) in [6.45, 7) is 6.32. The molecule has 2 aromatic carbocycles. The Morgan fingerprint density at radius 3 is 2.50 bits per heavy atom. The fourth-order valence-electron chi connectivity index (χ4n) is 2.77. The third-order valence-corrected chi connectivity index (χ3v) is 4.03. The van der Waals surface area contributed by atoms with Gasteiger partial charge in [0.05, 0.1) is 7.11 Å². The molecule has 0 aliphatic rings. The van der Waals surface area contributed by atoms with Crippen LogP contribution in [0.2, 0.25) is 0 Å². The molecule has 5 heteroatoms. The molecule has 0 saturated heterocycles. The van der Waals surface area contributed by atoms with Gasteiger partial charge < -0.3 is 15.4 Å². The largest absolute Gasteiger partial charge is 0.497 e. The Morgan fingerprint density at radius 1 is 0.923 bits per heavy atom. The molecule has 0 saturated carbocycles. The molecule has 0 bridgehead atoms. The number of aryl methyl sites for hydroxylation is 1. The van der Waals surface area contributed by atoms with Crippen LogP contribution in [0, 0.1) is 6.92 Å². The standard InChI is InChI=1S/C21H24N4O/c1-14(2)18-10-5-6-11-19(18)24-20-12-15(3)22-21(25-20)23-16-8-7-9-17(13-16)26-4/h5-14H,1-4H3,(H2,22,23,24,25). The number of benzene rings is 2. The Balaban J connectivity index is 1.86. The van der Waals surface area contributed by atoms with Crippen molar-refractivity contribution in [3.05, 3.63) is 65.9 Å². The Bertz CT molecular complexity index is 893. The van der Waals surface area contributed by atoms with Crippen molar-refractivity contribution in [2.75, 3.05) is 17.7 Å². The first-order valence-electron chi connectivity index (χ1n) is 8.68. The van der Waals surface area contributed by atoms with E-state index in [9.17, 15) is 0 Å². The van der Waals surface area contributed by atoms with E-state index in [4.69, 9.17) is 4.74 Å². The molecule has 0 amide bonds. The zero-order chi connectivity index (χ0) is 18.5. The highest BCUT2D eigenvalue weighted by Crippen LogP contribution is 2.27. The van der Waals surface area contributed by atoms with Crippen molar-refractivity contribution in [1.29, 1.82) is 0 Å². The summed E-state index contributed by atoms with van der Waals surface area (Å²) >= 11 is 0. The summed E-state index contributed by atoms with van der Waals surface area (Å²) in [7, 11) is 1.65. The van der Waals surface area contributed by atoms with Crippen LogP contribution in [0.4, 0.5) is 23.1 Å². The molecule has 0 aliphatic carbocycles. The van der Waals surface area contributed by atoms with E-state index in [1.54, 1.807) is 7.11 Å². The Labute approximate surface area is 154 Å². The number of ether oxygens (including phenoxy) is 1. The van der Waals surface area contributed by atoms with Crippen molar-refractivity contribution in [2.45, 2.75) is 26.7 Å². The molecule has 0 spiro atoms. The van der Waals surface area contributed by atoms with Gasteiger partial charge in [-0.3, -0.25) is 0 Å². The van der Waals surface area contributed by atoms with Gasteiger partial charge in [-0.15, -0.1) is 0 Å². The maximum Gasteiger partial charge on any atom is 0.229 e. The molecule has 26 heavy (non-hydrogen) atoms. The fraction of sp³-hybridized carbons (Fsp3) is 0.238. The lowest BCUT2D eigenvalue weighted by Gasteiger charge is -2.15. The minimum atomic E-state index is 0.427. The minimum absolute atomic E-state index is 0.427. The highest BCUT2D eigenvalue weighted by atomic mass is 16.5. The lowest BCUT2D eigenvalue weighted by molar-refractivity contribution is 0.415. The average Bonchev–Trinajstić information content (AvgIpc) is 2.61. The van der Waals surface area contributed by atoms with Gasteiger partial charge in [-0.1, -0.05) is 38.1 Å². The molecule has 5 nitrogen and oxygen atoms in total. The van der Waals surface area contributed by atoms with Crippen molar-refractivity contribution in [3.63, 3.8) is 0 Å². The van der Waals surface area contributed by atoms with Crippen LogP contribution in [0.25, 0.3) is 0 Å². The summed E-state index contributed by atoms with van der Waals surface area (Å²) in [4.78, 5) is 9.09. The lowest BCUT2D eigenvalue weighted by Crippen LogP contribution is -2.04. The number of methoxy groups -OCH3 is 1. The molecular formula is C21H24N4O. The second-order valence-electron chi connectivity index (χ2n) is 6.44. The van der Waals surface area contributed by atoms with E-state index in [-0.39, 0.29) is 0 Å². The first-order valence-corrected chi connectivity index (χ1v) is 8.68. The van der Waals surface area contributed by atoms with Crippen molar-refractivity contribution in [1.82, 2.24) is 9.97 Å². The maximum absolute atomic E-state index is 5.26. The second kappa shape index (κ2) is 7.87. The fourth-order valence-corrected chi connectivity index (χ4v) is 2.77. The molecule has 0 atom stereocenters. The Morgan fingerprint density at radius 2 is 1.73 bits per heavy atom. The highest BCUT2D eigenvalue weighted by Gasteiger charge is 2.08. The van der Waals surface area contributed by atoms with Crippen molar-refractivity contribution >= 4 is 23.1 Å². The zero-order valence-electron chi connectivity index (χ0n) is 15.6. The summed E-state index contributed by atoms with van der Waals surface area (Å²) in [6, 6.07) is 17.9. The first-order chi connectivity index (χ1) is 12.5. The van der Waals surface area contributed by atoms with Gasteiger partial charge >= 0.3 is 0 Å². The number of rotatable bonds is 6. The molecule has 0 aliphatic heterocycles. The summed E-state index contributed by atoms with van der Waals surface area (Å²) < 4.78 is 5.26. The van der Waals surface area contributed by atoms with Gasteiger partial charge in [0.2, 0.25) is 5.95 Å². The SMILES string of the molecule is COc1cccc(Nc2nc(C)cc(Nc3ccccc3C(C)C)n2)c1. The number of nitrogens with zero attached hydrogens (tertiary/aromatic N) is 2. The van der Waals surface area contributed by atoms with Crippen LogP contribution in [0.1, 0.15) is 31.0 Å². The molecule has 0 fully saturated rings. The molecule has 0 unspecified atom stereocenters. The quantitative estimate of drug-likeness (QED) is 0.624. The Kier molecular flexibility index (Phi) is 5.37. The first kappa shape index (κ1) is 17.7. The van der Waals surface area contributed by atoms with Gasteiger partial charge in [0, 0.05) is 29.2 Å². The van der Waals surface area contributed by atoms with Gasteiger partial charge in [-0.25, -0.2) is 4.98 Å². The monoisotopic (exact) mass is 348 g/mol. The average molecular weight is 348 g/mol. The maximum atomic E-state index is 5.26. The van der Waals surface area contributed by atoms with Gasteiger partial charge in [-0.05, 0) is 36.6 Å². The molecule has 0 radical (unpaired) electrons. The topological polar surface area (TPSA) is 59.1 Å². The third-order valence-electron chi connectivity index (χ3n) is 4.03. The molecule has 1 aromatic heterocycles. The van der Waals surface area contributed by atoms with Gasteiger partial charge in [0.25, 0.3) is 0 Å². The normalized spacial score (nSPS) is 10.7. The summed E-state index contributed by atoms with van der Waals surface area (Å²) in [5.74, 6) is 2.52. The number of nitrogens with one attached hydrogen (secondary N) is 2. The molecule has 134 valence electrons. The van der Waals surface area contributed by atoms with Gasteiger partial charge in [0.1, 0.15) is 11.6 Å². The summed E-state index contributed by atoms with van der Waals surface area (Å²) in [5, 5.41) is 6.67. The lowest BCUT2D eigenvalue weighted by atomic mass is 10.0. The second-order valence-corrected chi connectivity index (χ2v) is 6.44. The molecule has 1 heterocycles. The van der Waals surface area contributed by atoms with Crippen molar-refractivity contribution in [3.8, 4) is 5.75 Å². The Hall–Kier alpha value is -3.08. The summed E-state index contributed by atoms with van der Waals surface area (Å²) in [6.07, 6.45) is 0. The van der Waals surface area contributed by atoms with E-state index in [1.807, 2.05) is 43.3 Å². The highest BCUT2D eigenvalue weighted by molar-refractivity contribution is 5.64. The van der Waals surface area contributed by atoms with Crippen LogP contribution in [0.5, 0.6) is 5.75 Å². The predicted molar refractivity (Wildman–Crippen MR) is 107 cm³/mol. The van der Waals surface area contributed by atoms with Crippen molar-refractivity contribution < 1.29 is 4.74 Å². The number of anilines is 4. The number of hydrogen-bond acceptors (Lipinski definition) is 5. The number of aromatic nitrogens is 2. The predicted octanol–water partition coefficient (Wildman–Crippen LogP) is 5.40. The van der Waals surface area contributed by atoms with Crippen LogP contribution in [-0.2, 0) is 0 Å². The molecule has 2 N–H and O–H groups in total. The molecule has 3 aromatic rings. The van der Waals surface area contributed by atoms with E-state index in [1.165, 1.54) is 5.56 Å². The van der Waals surface area contributed by atoms with Gasteiger partial charge in [0.15, 0.2) is 0 Å². The minimum Gasteiger partial charge on any atom is -0.497 e. The number of para-hydroxylation sites is 1. The number of hydrogen-bond donors (Lipinski definition) is 2. The molecular weight excluding hydrogens is 324 g/mol. The van der Waals surface area contributed by atoms with Crippen LogP contribution in [-0.4, -0.2) is 17.1 Å². The van der Waals surface area contributed by atoms with E-state index < -0.39 is 0 Å². The van der Waals surface area contributed by atoms with Crippen molar-refractivity contribution in [2.24, 2.45) is 0 Å². The van der Waals surface area contributed by atoms with Gasteiger partial charge in [-0.2, -0.15) is 4.98 Å². The van der Waals surface area contributed by atoms with Crippen LogP contribution < -0.4 is 15.4 Å². The molecule has 3 rings (SSSR count).